The van der Waals surface area contributed by atoms with Crippen molar-refractivity contribution >= 4 is 0 Å². The van der Waals surface area contributed by atoms with Crippen molar-refractivity contribution < 1.29 is 9.47 Å². The zero-order valence-corrected chi connectivity index (χ0v) is 8.51. The van der Waals surface area contributed by atoms with Gasteiger partial charge < -0.3 is 9.47 Å². The third-order valence-electron chi connectivity index (χ3n) is 3.01. The summed E-state index contributed by atoms with van der Waals surface area (Å²) >= 11 is 0. The highest BCUT2D eigenvalue weighted by atomic mass is 16.7. The maximum Gasteiger partial charge on any atom is 0.162 e. The fourth-order valence-corrected chi connectivity index (χ4v) is 1.94. The van der Waals surface area contributed by atoms with Crippen LogP contribution in [0.5, 0.6) is 0 Å². The molecule has 2 rings (SSSR count). The zero-order valence-electron chi connectivity index (χ0n) is 8.51. The van der Waals surface area contributed by atoms with Crippen LogP contribution in [0.3, 0.4) is 0 Å². The first-order valence-corrected chi connectivity index (χ1v) is 5.05. The smallest absolute Gasteiger partial charge is 0.162 e. The number of hydrogen-bond donors (Lipinski definition) is 0. The molecule has 0 bridgehead atoms. The van der Waals surface area contributed by atoms with Crippen molar-refractivity contribution in [3.63, 3.8) is 0 Å². The van der Waals surface area contributed by atoms with Crippen LogP contribution in [-0.2, 0) is 9.47 Å². The van der Waals surface area contributed by atoms with E-state index in [0.29, 0.717) is 0 Å². The van der Waals surface area contributed by atoms with Crippen molar-refractivity contribution in [1.29, 1.82) is 0 Å². The molecule has 1 saturated heterocycles. The Balaban J connectivity index is 2.00. The molecule has 0 aromatic carbocycles. The molecule has 1 aliphatic heterocycles. The van der Waals surface area contributed by atoms with Gasteiger partial charge in [-0.05, 0) is 33.1 Å². The van der Waals surface area contributed by atoms with Crippen molar-refractivity contribution in [2.45, 2.75) is 38.9 Å². The molecule has 0 amide bonds. The standard InChI is InChI=1S/C11H18O2/c1-10(2)12-8-11(9-13-10)6-4-3-5-7-11/h3-4H,5-9H2,1-2H3. The van der Waals surface area contributed by atoms with Crippen molar-refractivity contribution in [2.24, 2.45) is 5.41 Å². The quantitative estimate of drug-likeness (QED) is 0.536. The van der Waals surface area contributed by atoms with E-state index in [9.17, 15) is 0 Å². The van der Waals surface area contributed by atoms with Gasteiger partial charge in [-0.15, -0.1) is 0 Å². The van der Waals surface area contributed by atoms with Crippen molar-refractivity contribution in [1.82, 2.24) is 0 Å². The summed E-state index contributed by atoms with van der Waals surface area (Å²) in [6, 6.07) is 0. The molecule has 0 atom stereocenters. The summed E-state index contributed by atoms with van der Waals surface area (Å²) < 4.78 is 11.4. The molecule has 1 heterocycles. The first-order valence-electron chi connectivity index (χ1n) is 5.05. The largest absolute Gasteiger partial charge is 0.350 e. The molecule has 0 aromatic heterocycles. The van der Waals surface area contributed by atoms with E-state index in [-0.39, 0.29) is 11.2 Å². The van der Waals surface area contributed by atoms with Crippen LogP contribution >= 0.6 is 0 Å². The zero-order chi connectivity index (χ0) is 9.36. The van der Waals surface area contributed by atoms with Crippen LogP contribution in [0.1, 0.15) is 33.1 Å². The highest BCUT2D eigenvalue weighted by Crippen LogP contribution is 2.38. The fraction of sp³-hybridized carbons (Fsp3) is 0.818. The summed E-state index contributed by atoms with van der Waals surface area (Å²) in [5.41, 5.74) is 0.282. The fourth-order valence-electron chi connectivity index (χ4n) is 1.94. The van der Waals surface area contributed by atoms with Gasteiger partial charge in [0.2, 0.25) is 0 Å². The lowest BCUT2D eigenvalue weighted by molar-refractivity contribution is -0.286. The van der Waals surface area contributed by atoms with Crippen LogP contribution in [0, 0.1) is 5.41 Å². The second-order valence-electron chi connectivity index (χ2n) is 4.69. The van der Waals surface area contributed by atoms with Crippen LogP contribution in [0.2, 0.25) is 0 Å². The lowest BCUT2D eigenvalue weighted by atomic mass is 9.78. The average molecular weight is 182 g/mol. The van der Waals surface area contributed by atoms with E-state index in [1.54, 1.807) is 0 Å². The van der Waals surface area contributed by atoms with E-state index in [4.69, 9.17) is 9.47 Å². The molecule has 1 spiro atoms. The molecule has 13 heavy (non-hydrogen) atoms. The second kappa shape index (κ2) is 3.10. The van der Waals surface area contributed by atoms with Gasteiger partial charge in [-0.25, -0.2) is 0 Å². The van der Waals surface area contributed by atoms with Gasteiger partial charge in [0.05, 0.1) is 13.2 Å². The molecule has 0 saturated carbocycles. The highest BCUT2D eigenvalue weighted by molar-refractivity contribution is 4.99. The van der Waals surface area contributed by atoms with E-state index < -0.39 is 0 Å². The minimum Gasteiger partial charge on any atom is -0.350 e. The van der Waals surface area contributed by atoms with Gasteiger partial charge in [-0.1, -0.05) is 12.2 Å². The number of allylic oxidation sites excluding steroid dienone is 2. The molecule has 0 unspecified atom stereocenters. The van der Waals surface area contributed by atoms with E-state index in [1.807, 2.05) is 13.8 Å². The van der Waals surface area contributed by atoms with E-state index >= 15 is 0 Å². The summed E-state index contributed by atoms with van der Waals surface area (Å²) in [7, 11) is 0. The normalized spacial score (nSPS) is 30.6. The molecule has 0 radical (unpaired) electrons. The summed E-state index contributed by atoms with van der Waals surface area (Å²) in [5.74, 6) is -0.369. The van der Waals surface area contributed by atoms with E-state index in [0.717, 1.165) is 19.6 Å². The monoisotopic (exact) mass is 182 g/mol. The number of hydrogen-bond acceptors (Lipinski definition) is 2. The van der Waals surface area contributed by atoms with Gasteiger partial charge in [0, 0.05) is 5.41 Å². The summed E-state index contributed by atoms with van der Waals surface area (Å²) in [6.07, 6.45) is 8.01. The maximum atomic E-state index is 5.70. The first kappa shape index (κ1) is 9.22. The Labute approximate surface area is 79.9 Å². The van der Waals surface area contributed by atoms with Crippen LogP contribution in [0.4, 0.5) is 0 Å². The van der Waals surface area contributed by atoms with Crippen LogP contribution in [-0.4, -0.2) is 19.0 Å². The average Bonchev–Trinajstić information content (AvgIpc) is 2.13. The Morgan fingerprint density at radius 3 is 2.31 bits per heavy atom. The maximum absolute atomic E-state index is 5.70. The Kier molecular flexibility index (Phi) is 2.20. The molecule has 0 aromatic rings. The van der Waals surface area contributed by atoms with Crippen molar-refractivity contribution in [3.8, 4) is 0 Å². The lowest BCUT2D eigenvalue weighted by Gasteiger charge is -2.44. The molecule has 74 valence electrons. The lowest BCUT2D eigenvalue weighted by Crippen LogP contribution is -2.46. The first-order chi connectivity index (χ1) is 6.12. The van der Waals surface area contributed by atoms with Crippen LogP contribution in [0.15, 0.2) is 12.2 Å². The number of ether oxygens (including phenoxy) is 2. The van der Waals surface area contributed by atoms with Crippen LogP contribution < -0.4 is 0 Å². The molecular weight excluding hydrogens is 164 g/mol. The molecule has 1 aliphatic carbocycles. The van der Waals surface area contributed by atoms with Gasteiger partial charge in [0.25, 0.3) is 0 Å². The molecule has 1 fully saturated rings. The Morgan fingerprint density at radius 2 is 1.77 bits per heavy atom. The molecule has 2 heteroatoms. The Bertz CT molecular complexity index is 208. The number of rotatable bonds is 0. The van der Waals surface area contributed by atoms with Crippen molar-refractivity contribution in [3.05, 3.63) is 12.2 Å². The predicted octanol–water partition coefficient (Wildman–Crippen LogP) is 2.50. The van der Waals surface area contributed by atoms with Gasteiger partial charge in [-0.3, -0.25) is 0 Å². The second-order valence-corrected chi connectivity index (χ2v) is 4.69. The van der Waals surface area contributed by atoms with Crippen molar-refractivity contribution in [2.75, 3.05) is 13.2 Å². The summed E-state index contributed by atoms with van der Waals surface area (Å²) in [6.45, 7) is 5.67. The highest BCUT2D eigenvalue weighted by Gasteiger charge is 2.39. The molecule has 0 N–H and O–H groups in total. The molecular formula is C11H18O2. The third-order valence-corrected chi connectivity index (χ3v) is 3.01. The third kappa shape index (κ3) is 1.94. The topological polar surface area (TPSA) is 18.5 Å². The Morgan fingerprint density at radius 1 is 1.08 bits per heavy atom. The van der Waals surface area contributed by atoms with Gasteiger partial charge in [0.15, 0.2) is 5.79 Å². The molecule has 2 nitrogen and oxygen atoms in total. The van der Waals surface area contributed by atoms with Gasteiger partial charge in [-0.2, -0.15) is 0 Å². The van der Waals surface area contributed by atoms with Gasteiger partial charge >= 0.3 is 0 Å². The SMILES string of the molecule is CC1(C)OCC2(CC=CCC2)CO1. The Hall–Kier alpha value is -0.340. The van der Waals surface area contributed by atoms with E-state index in [2.05, 4.69) is 12.2 Å². The van der Waals surface area contributed by atoms with E-state index in [1.165, 1.54) is 12.8 Å². The summed E-state index contributed by atoms with van der Waals surface area (Å²) in [5, 5.41) is 0. The minimum atomic E-state index is -0.369. The molecule has 2 aliphatic rings. The van der Waals surface area contributed by atoms with Crippen LogP contribution in [0.25, 0.3) is 0 Å². The van der Waals surface area contributed by atoms with Gasteiger partial charge in [0.1, 0.15) is 0 Å². The summed E-state index contributed by atoms with van der Waals surface area (Å²) in [4.78, 5) is 0. The minimum absolute atomic E-state index is 0.282. The predicted molar refractivity (Wildman–Crippen MR) is 51.4 cm³/mol.